The lowest BCUT2D eigenvalue weighted by Crippen LogP contribution is -2.50. The van der Waals surface area contributed by atoms with E-state index in [0.717, 1.165) is 43.4 Å². The smallest absolute Gasteiger partial charge is 0.333 e. The molecular formula is C25H36FN3O. The van der Waals surface area contributed by atoms with Gasteiger partial charge in [0, 0.05) is 17.7 Å². The summed E-state index contributed by atoms with van der Waals surface area (Å²) in [6.07, 6.45) is 7.77. The number of carbonyl (C=O) groups excluding carboxylic acids is 1. The van der Waals surface area contributed by atoms with Crippen LogP contribution < -0.4 is 5.32 Å². The number of hydrogen-bond acceptors (Lipinski definition) is 2. The number of fused-ring (bicyclic) bond motifs is 2. The molecule has 0 radical (unpaired) electrons. The summed E-state index contributed by atoms with van der Waals surface area (Å²) in [5.74, 6) is 0.509. The molecule has 3 aliphatic rings. The Balaban J connectivity index is 1.48. The zero-order chi connectivity index (χ0) is 21.5. The number of hydrogen-bond donors (Lipinski definition) is 1. The van der Waals surface area contributed by atoms with Gasteiger partial charge in [-0.05, 0) is 66.5 Å². The molecule has 4 atom stereocenters. The molecule has 2 aliphatic carbocycles. The molecule has 5 heteroatoms. The van der Waals surface area contributed by atoms with Crippen LogP contribution in [0.5, 0.6) is 0 Å². The van der Waals surface area contributed by atoms with E-state index in [9.17, 15) is 9.18 Å². The van der Waals surface area contributed by atoms with Crippen LogP contribution in [0.3, 0.4) is 0 Å². The molecule has 0 spiro atoms. The summed E-state index contributed by atoms with van der Waals surface area (Å²) in [7, 11) is 0. The lowest BCUT2D eigenvalue weighted by Gasteiger charge is -2.39. The van der Waals surface area contributed by atoms with E-state index in [0.29, 0.717) is 12.5 Å². The second-order valence-electron chi connectivity index (χ2n) is 10.3. The quantitative estimate of drug-likeness (QED) is 0.564. The molecule has 4 rings (SSSR count). The fourth-order valence-corrected chi connectivity index (χ4v) is 6.09. The summed E-state index contributed by atoms with van der Waals surface area (Å²) in [6.45, 7) is 9.79. The van der Waals surface area contributed by atoms with Crippen molar-refractivity contribution < 1.29 is 9.18 Å². The molecule has 1 aromatic rings. The van der Waals surface area contributed by atoms with Gasteiger partial charge in [0.05, 0.1) is 6.54 Å². The molecule has 4 nitrogen and oxygen atoms in total. The monoisotopic (exact) mass is 413 g/mol. The predicted molar refractivity (Wildman–Crippen MR) is 119 cm³/mol. The second kappa shape index (κ2) is 7.97. The lowest BCUT2D eigenvalue weighted by atomic mass is 9.69. The molecule has 164 valence electrons. The van der Waals surface area contributed by atoms with Gasteiger partial charge in [0.25, 0.3) is 0 Å². The number of amides is 2. The van der Waals surface area contributed by atoms with Gasteiger partial charge in [-0.15, -0.1) is 0 Å². The molecule has 2 amide bonds. The summed E-state index contributed by atoms with van der Waals surface area (Å²) in [5.41, 5.74) is 2.50. The highest BCUT2D eigenvalue weighted by Gasteiger charge is 2.61. The molecule has 0 aromatic heterocycles. The van der Waals surface area contributed by atoms with E-state index < -0.39 is 0 Å². The van der Waals surface area contributed by atoms with Crippen LogP contribution in [0.25, 0.3) is 0 Å². The number of halogens is 1. The van der Waals surface area contributed by atoms with Crippen molar-refractivity contribution in [2.75, 3.05) is 6.54 Å². The first kappa shape index (κ1) is 21.3. The van der Waals surface area contributed by atoms with Crippen molar-refractivity contribution in [3.63, 3.8) is 0 Å². The maximum atomic E-state index is 13.4. The van der Waals surface area contributed by atoms with Crippen LogP contribution >= 0.6 is 0 Å². The van der Waals surface area contributed by atoms with E-state index in [4.69, 9.17) is 5.10 Å². The Bertz CT molecular complexity index is 818. The van der Waals surface area contributed by atoms with Gasteiger partial charge in [-0.3, -0.25) is 0 Å². The van der Waals surface area contributed by atoms with Crippen molar-refractivity contribution in [1.29, 1.82) is 0 Å². The van der Waals surface area contributed by atoms with Crippen LogP contribution in [0.4, 0.5) is 9.18 Å². The molecule has 1 aromatic carbocycles. The Labute approximate surface area is 180 Å². The number of nitrogens with one attached hydrogen (secondary N) is 1. The van der Waals surface area contributed by atoms with Gasteiger partial charge in [-0.1, -0.05) is 52.7 Å². The predicted octanol–water partition coefficient (Wildman–Crippen LogP) is 6.09. The second-order valence-corrected chi connectivity index (χ2v) is 10.3. The summed E-state index contributed by atoms with van der Waals surface area (Å²) in [4.78, 5) is 13.2. The Hall–Kier alpha value is -1.91. The van der Waals surface area contributed by atoms with Crippen LogP contribution in [0.1, 0.15) is 84.1 Å². The standard InChI is InChI=1S/C25H36FN3O/c1-5-6-7-8-21-20(17-9-11-19(26)12-10-17)16-29(28-21)23(30)27-22-15-18-13-14-25(22,4)24(18,2)3/h9-12,18,20,22H,5-8,13-16H2,1-4H3,(H,27,30)/t18?,20?,22-,25?/m0/s1. The van der Waals surface area contributed by atoms with Crippen LogP contribution in [0, 0.1) is 22.6 Å². The van der Waals surface area contributed by atoms with Crippen molar-refractivity contribution in [3.8, 4) is 0 Å². The average molecular weight is 414 g/mol. The van der Waals surface area contributed by atoms with Gasteiger partial charge in [-0.25, -0.2) is 14.2 Å². The first-order chi connectivity index (χ1) is 14.3. The highest BCUT2D eigenvalue weighted by molar-refractivity contribution is 5.94. The first-order valence-corrected chi connectivity index (χ1v) is 11.7. The van der Waals surface area contributed by atoms with Crippen LogP contribution in [0.2, 0.25) is 0 Å². The zero-order valence-electron chi connectivity index (χ0n) is 18.9. The normalized spacial score (nSPS) is 31.8. The fraction of sp³-hybridized carbons (Fsp3) is 0.680. The molecule has 0 saturated heterocycles. The van der Waals surface area contributed by atoms with Crippen molar-refractivity contribution in [2.45, 2.75) is 84.6 Å². The molecule has 2 bridgehead atoms. The number of hydrazone groups is 1. The van der Waals surface area contributed by atoms with E-state index in [-0.39, 0.29) is 34.6 Å². The van der Waals surface area contributed by atoms with Crippen LogP contribution in [-0.2, 0) is 0 Å². The van der Waals surface area contributed by atoms with E-state index in [1.54, 1.807) is 5.01 Å². The van der Waals surface area contributed by atoms with Gasteiger partial charge in [0.1, 0.15) is 5.82 Å². The molecule has 3 unspecified atom stereocenters. The number of rotatable bonds is 6. The minimum absolute atomic E-state index is 0.0558. The van der Waals surface area contributed by atoms with Crippen LogP contribution in [0.15, 0.2) is 29.4 Å². The first-order valence-electron chi connectivity index (χ1n) is 11.7. The fourth-order valence-electron chi connectivity index (χ4n) is 6.09. The molecular weight excluding hydrogens is 377 g/mol. The maximum Gasteiger partial charge on any atom is 0.338 e. The number of carbonyl (C=O) groups is 1. The highest BCUT2D eigenvalue weighted by atomic mass is 19.1. The van der Waals surface area contributed by atoms with E-state index >= 15 is 0 Å². The minimum Gasteiger partial charge on any atom is -0.333 e. The highest BCUT2D eigenvalue weighted by Crippen LogP contribution is 2.65. The maximum absolute atomic E-state index is 13.4. The minimum atomic E-state index is -0.233. The number of benzene rings is 1. The topological polar surface area (TPSA) is 44.7 Å². The summed E-state index contributed by atoms with van der Waals surface area (Å²) in [5, 5.41) is 9.71. The molecule has 2 fully saturated rings. The summed E-state index contributed by atoms with van der Waals surface area (Å²) >= 11 is 0. The molecule has 1 N–H and O–H groups in total. The Kier molecular flexibility index (Phi) is 5.67. The van der Waals surface area contributed by atoms with Crippen molar-refractivity contribution in [3.05, 3.63) is 35.6 Å². The number of unbranched alkanes of at least 4 members (excludes halogenated alkanes) is 2. The van der Waals surface area contributed by atoms with Gasteiger partial charge < -0.3 is 5.32 Å². The summed E-state index contributed by atoms with van der Waals surface area (Å²) in [6, 6.07) is 6.79. The third-order valence-corrected chi connectivity index (χ3v) is 8.64. The molecule has 2 saturated carbocycles. The van der Waals surface area contributed by atoms with Gasteiger partial charge >= 0.3 is 6.03 Å². The molecule has 30 heavy (non-hydrogen) atoms. The molecule has 1 heterocycles. The van der Waals surface area contributed by atoms with Crippen molar-refractivity contribution in [2.24, 2.45) is 21.8 Å². The third-order valence-electron chi connectivity index (χ3n) is 8.64. The molecule has 1 aliphatic heterocycles. The summed E-state index contributed by atoms with van der Waals surface area (Å²) < 4.78 is 13.4. The van der Waals surface area contributed by atoms with Crippen LogP contribution in [-0.4, -0.2) is 29.3 Å². The largest absolute Gasteiger partial charge is 0.338 e. The number of urea groups is 1. The van der Waals surface area contributed by atoms with Gasteiger partial charge in [-0.2, -0.15) is 5.10 Å². The number of nitrogens with zero attached hydrogens (tertiary/aromatic N) is 2. The third kappa shape index (κ3) is 3.54. The van der Waals surface area contributed by atoms with E-state index in [2.05, 4.69) is 33.0 Å². The van der Waals surface area contributed by atoms with Gasteiger partial charge in [0.15, 0.2) is 0 Å². The van der Waals surface area contributed by atoms with Crippen molar-refractivity contribution in [1.82, 2.24) is 10.3 Å². The average Bonchev–Trinajstić information content (AvgIpc) is 3.29. The van der Waals surface area contributed by atoms with E-state index in [1.165, 1.54) is 25.0 Å². The van der Waals surface area contributed by atoms with Gasteiger partial charge in [0.2, 0.25) is 0 Å². The lowest BCUT2D eigenvalue weighted by molar-refractivity contribution is 0.118. The van der Waals surface area contributed by atoms with Crippen molar-refractivity contribution >= 4 is 11.7 Å². The Morgan fingerprint density at radius 2 is 1.97 bits per heavy atom. The Morgan fingerprint density at radius 1 is 1.23 bits per heavy atom. The Morgan fingerprint density at radius 3 is 2.57 bits per heavy atom. The zero-order valence-corrected chi connectivity index (χ0v) is 18.9. The SMILES string of the molecule is CCCCCC1=NN(C(=O)N[C@H]2CC3CCC2(C)C3(C)C)CC1c1ccc(F)cc1. The van der Waals surface area contributed by atoms with E-state index in [1.807, 2.05) is 12.1 Å².